The van der Waals surface area contributed by atoms with Crippen molar-refractivity contribution in [3.8, 4) is 11.5 Å². The fourth-order valence-corrected chi connectivity index (χ4v) is 3.61. The number of phenols is 2. The number of phenolic OH excluding ortho intramolecular Hbond substituents is 2. The maximum absolute atomic E-state index is 12.1. The molecule has 7 heteroatoms. The SMILES string of the molecule is CC.COC(=O)c1c(O)cc(O)c(Cl)c1CCC1NC=CN1CCc1ccccc1. The minimum atomic E-state index is -0.687. The van der Waals surface area contributed by atoms with Crippen LogP contribution in [0.3, 0.4) is 0 Å². The smallest absolute Gasteiger partial charge is 0.341 e. The molecule has 1 heterocycles. The highest BCUT2D eigenvalue weighted by Crippen LogP contribution is 2.37. The molecular formula is C23H29ClN2O4. The van der Waals surface area contributed by atoms with E-state index in [9.17, 15) is 15.0 Å². The van der Waals surface area contributed by atoms with Crippen LogP contribution in [-0.4, -0.2) is 40.9 Å². The van der Waals surface area contributed by atoms with Crippen molar-refractivity contribution >= 4 is 17.6 Å². The van der Waals surface area contributed by atoms with Gasteiger partial charge in [-0.1, -0.05) is 55.8 Å². The van der Waals surface area contributed by atoms with Gasteiger partial charge < -0.3 is 25.2 Å². The highest BCUT2D eigenvalue weighted by atomic mass is 35.5. The summed E-state index contributed by atoms with van der Waals surface area (Å²) >= 11 is 6.22. The van der Waals surface area contributed by atoms with Gasteiger partial charge in [0.25, 0.3) is 0 Å². The molecular weight excluding hydrogens is 404 g/mol. The third-order valence-electron chi connectivity index (χ3n) is 4.83. The Bertz CT molecular complexity index is 871. The Labute approximate surface area is 182 Å². The molecule has 0 aromatic heterocycles. The van der Waals surface area contributed by atoms with Gasteiger partial charge in [0.05, 0.1) is 18.3 Å². The fourth-order valence-electron chi connectivity index (χ4n) is 3.36. The molecule has 0 aliphatic carbocycles. The molecule has 0 fully saturated rings. The number of rotatable bonds is 7. The number of nitrogens with zero attached hydrogens (tertiary/aromatic N) is 1. The lowest BCUT2D eigenvalue weighted by atomic mass is 10.00. The normalized spacial score (nSPS) is 14.7. The van der Waals surface area contributed by atoms with Crippen LogP contribution in [0.4, 0.5) is 0 Å². The van der Waals surface area contributed by atoms with Crippen molar-refractivity contribution in [1.29, 1.82) is 0 Å². The second-order valence-corrected chi connectivity index (χ2v) is 6.96. The van der Waals surface area contributed by atoms with E-state index in [4.69, 9.17) is 16.3 Å². The fraction of sp³-hybridized carbons (Fsp3) is 0.348. The number of halogens is 1. The molecule has 0 spiro atoms. The highest BCUT2D eigenvalue weighted by molar-refractivity contribution is 6.33. The third kappa shape index (κ3) is 5.60. The monoisotopic (exact) mass is 432 g/mol. The van der Waals surface area contributed by atoms with Gasteiger partial charge in [-0.15, -0.1) is 0 Å². The van der Waals surface area contributed by atoms with Crippen molar-refractivity contribution < 1.29 is 19.7 Å². The number of hydrogen-bond acceptors (Lipinski definition) is 6. The third-order valence-corrected chi connectivity index (χ3v) is 5.26. The van der Waals surface area contributed by atoms with Crippen LogP contribution in [0, 0.1) is 0 Å². The van der Waals surface area contributed by atoms with Crippen molar-refractivity contribution in [1.82, 2.24) is 10.2 Å². The lowest BCUT2D eigenvalue weighted by molar-refractivity contribution is 0.0596. The molecule has 1 atom stereocenters. The second-order valence-electron chi connectivity index (χ2n) is 6.58. The zero-order valence-corrected chi connectivity index (χ0v) is 18.3. The van der Waals surface area contributed by atoms with Gasteiger partial charge in [-0.25, -0.2) is 4.79 Å². The molecule has 0 bridgehead atoms. The molecule has 6 nitrogen and oxygen atoms in total. The number of nitrogens with one attached hydrogen (secondary N) is 1. The highest BCUT2D eigenvalue weighted by Gasteiger charge is 2.25. The van der Waals surface area contributed by atoms with E-state index in [0.717, 1.165) is 19.0 Å². The van der Waals surface area contributed by atoms with Crippen molar-refractivity contribution in [2.45, 2.75) is 39.3 Å². The maximum atomic E-state index is 12.1. The van der Waals surface area contributed by atoms with E-state index < -0.39 is 5.97 Å². The summed E-state index contributed by atoms with van der Waals surface area (Å²) in [6.45, 7) is 4.83. The zero-order valence-electron chi connectivity index (χ0n) is 17.6. The lowest BCUT2D eigenvalue weighted by Crippen LogP contribution is -2.37. The topological polar surface area (TPSA) is 82.0 Å². The molecule has 0 saturated carbocycles. The van der Waals surface area contributed by atoms with Crippen molar-refractivity contribution in [3.05, 3.63) is 70.5 Å². The van der Waals surface area contributed by atoms with Crippen LogP contribution >= 0.6 is 11.6 Å². The number of benzene rings is 2. The predicted molar refractivity (Wildman–Crippen MR) is 119 cm³/mol. The Hall–Kier alpha value is -2.86. The van der Waals surface area contributed by atoms with Gasteiger partial charge in [0, 0.05) is 25.0 Å². The molecule has 3 N–H and O–H groups in total. The van der Waals surface area contributed by atoms with Crippen LogP contribution in [-0.2, 0) is 17.6 Å². The predicted octanol–water partition coefficient (Wildman–Crippen LogP) is 4.44. The van der Waals surface area contributed by atoms with Gasteiger partial charge >= 0.3 is 5.97 Å². The van der Waals surface area contributed by atoms with Gasteiger partial charge in [0.1, 0.15) is 17.1 Å². The standard InChI is InChI=1S/C21H23ClN2O4.C2H6/c1-28-21(27)19-15(20(22)17(26)13-16(19)25)7-8-18-23-10-12-24(18)11-9-14-5-3-2-4-6-14;1-2/h2-6,10,12-13,18,23,25-26H,7-9,11H2,1H3;1-2H3. The van der Waals surface area contributed by atoms with Crippen molar-refractivity contribution in [2.24, 2.45) is 0 Å². The molecule has 3 rings (SSSR count). The first-order chi connectivity index (χ1) is 14.5. The maximum Gasteiger partial charge on any atom is 0.341 e. The number of ether oxygens (including phenoxy) is 1. The summed E-state index contributed by atoms with van der Waals surface area (Å²) in [5, 5.41) is 23.4. The quantitative estimate of drug-likeness (QED) is 0.561. The van der Waals surface area contributed by atoms with E-state index >= 15 is 0 Å². The van der Waals surface area contributed by atoms with Gasteiger partial charge in [0.2, 0.25) is 0 Å². The van der Waals surface area contributed by atoms with Crippen molar-refractivity contribution in [3.63, 3.8) is 0 Å². The van der Waals surface area contributed by atoms with Crippen LogP contribution in [0.15, 0.2) is 48.8 Å². The molecule has 162 valence electrons. The van der Waals surface area contributed by atoms with Crippen LogP contribution in [0.1, 0.15) is 41.8 Å². The number of methoxy groups -OCH3 is 1. The summed E-state index contributed by atoms with van der Waals surface area (Å²) in [6.07, 6.45) is 5.81. The van der Waals surface area contributed by atoms with E-state index in [1.807, 2.05) is 44.4 Å². The van der Waals surface area contributed by atoms with Crippen LogP contribution in [0.2, 0.25) is 5.02 Å². The minimum Gasteiger partial charge on any atom is -0.507 e. The molecule has 2 aromatic carbocycles. The number of esters is 1. The summed E-state index contributed by atoms with van der Waals surface area (Å²) < 4.78 is 4.76. The molecule has 0 amide bonds. The Morgan fingerprint density at radius 2 is 1.87 bits per heavy atom. The second kappa shape index (κ2) is 11.4. The largest absolute Gasteiger partial charge is 0.507 e. The van der Waals surface area contributed by atoms with Gasteiger partial charge in [-0.2, -0.15) is 0 Å². The molecule has 1 unspecified atom stereocenters. The zero-order chi connectivity index (χ0) is 22.1. The van der Waals surface area contributed by atoms with Gasteiger partial charge in [-0.3, -0.25) is 0 Å². The van der Waals surface area contributed by atoms with Crippen LogP contribution in [0.5, 0.6) is 11.5 Å². The Kier molecular flexibility index (Phi) is 8.87. The average molecular weight is 433 g/mol. The Morgan fingerprint density at radius 1 is 1.17 bits per heavy atom. The molecule has 1 aliphatic rings. The summed E-state index contributed by atoms with van der Waals surface area (Å²) in [7, 11) is 1.24. The number of carbonyl (C=O) groups is 1. The van der Waals surface area contributed by atoms with E-state index in [2.05, 4.69) is 22.3 Å². The summed E-state index contributed by atoms with van der Waals surface area (Å²) in [5.74, 6) is -1.30. The van der Waals surface area contributed by atoms with E-state index in [-0.39, 0.29) is 28.3 Å². The van der Waals surface area contributed by atoms with Crippen LogP contribution < -0.4 is 5.32 Å². The van der Waals surface area contributed by atoms with Crippen molar-refractivity contribution in [2.75, 3.05) is 13.7 Å². The molecule has 1 aliphatic heterocycles. The average Bonchev–Trinajstić information content (AvgIpc) is 3.22. The Balaban J connectivity index is 0.00000155. The van der Waals surface area contributed by atoms with E-state index in [0.29, 0.717) is 18.4 Å². The number of carbonyl (C=O) groups excluding carboxylic acids is 1. The number of hydrogen-bond donors (Lipinski definition) is 3. The Morgan fingerprint density at radius 3 is 2.53 bits per heavy atom. The lowest BCUT2D eigenvalue weighted by Gasteiger charge is -2.26. The molecule has 0 saturated heterocycles. The van der Waals surface area contributed by atoms with E-state index in [1.54, 1.807) is 0 Å². The minimum absolute atomic E-state index is 0.00732. The van der Waals surface area contributed by atoms with Crippen LogP contribution in [0.25, 0.3) is 0 Å². The molecule has 2 aromatic rings. The first-order valence-corrected chi connectivity index (χ1v) is 10.4. The summed E-state index contributed by atoms with van der Waals surface area (Å²) in [4.78, 5) is 14.3. The first kappa shape index (κ1) is 23.4. The summed E-state index contributed by atoms with van der Waals surface area (Å²) in [6, 6.07) is 11.3. The number of aromatic hydroxyl groups is 2. The van der Waals surface area contributed by atoms with Gasteiger partial charge in [-0.05, 0) is 30.4 Å². The summed E-state index contributed by atoms with van der Waals surface area (Å²) in [5.41, 5.74) is 1.63. The van der Waals surface area contributed by atoms with E-state index in [1.165, 1.54) is 12.7 Å². The first-order valence-electron chi connectivity index (χ1n) is 10.0. The molecule has 0 radical (unpaired) electrons. The van der Waals surface area contributed by atoms with Gasteiger partial charge in [0.15, 0.2) is 0 Å². The molecule has 30 heavy (non-hydrogen) atoms.